The second-order valence-electron chi connectivity index (χ2n) is 6.45. The monoisotopic (exact) mass is 396 g/mol. The van der Waals surface area contributed by atoms with E-state index in [2.05, 4.69) is 31.1 Å². The van der Waals surface area contributed by atoms with Crippen molar-refractivity contribution in [3.63, 3.8) is 0 Å². The Hall–Kier alpha value is -3.62. The van der Waals surface area contributed by atoms with Crippen LogP contribution in [0.3, 0.4) is 0 Å². The molecule has 0 radical (unpaired) electrons. The second kappa shape index (κ2) is 9.05. The Bertz CT molecular complexity index is 965. The zero-order valence-corrected chi connectivity index (χ0v) is 16.9. The maximum atomic E-state index is 12.2. The van der Waals surface area contributed by atoms with E-state index < -0.39 is 0 Å². The molecule has 9 nitrogen and oxygen atoms in total. The highest BCUT2D eigenvalue weighted by Crippen LogP contribution is 2.20. The lowest BCUT2D eigenvalue weighted by Crippen LogP contribution is -2.29. The van der Waals surface area contributed by atoms with Crippen LogP contribution in [0.15, 0.2) is 34.9 Å². The van der Waals surface area contributed by atoms with Crippen LogP contribution in [0.5, 0.6) is 5.75 Å². The lowest BCUT2D eigenvalue weighted by molar-refractivity contribution is 0.0953. The van der Waals surface area contributed by atoms with Gasteiger partial charge < -0.3 is 25.2 Å². The first kappa shape index (κ1) is 20.1. The molecule has 0 aliphatic rings. The first-order valence-electron chi connectivity index (χ1n) is 9.18. The number of carbonyl (C=O) groups is 1. The Morgan fingerprint density at radius 3 is 2.52 bits per heavy atom. The van der Waals surface area contributed by atoms with Crippen molar-refractivity contribution in [3.05, 3.63) is 53.0 Å². The van der Waals surface area contributed by atoms with E-state index in [0.717, 1.165) is 17.1 Å². The number of nitrogens with zero attached hydrogens (tertiary/aromatic N) is 3. The van der Waals surface area contributed by atoms with Gasteiger partial charge in [-0.05, 0) is 45.0 Å². The number of ether oxygens (including phenoxy) is 1. The van der Waals surface area contributed by atoms with Gasteiger partial charge in [0.05, 0.1) is 12.8 Å². The molecule has 2 heterocycles. The molecule has 0 fully saturated rings. The number of aromatic nitrogens is 3. The molecule has 0 saturated heterocycles. The average Bonchev–Trinajstić information content (AvgIpc) is 3.03. The van der Waals surface area contributed by atoms with Crippen LogP contribution in [0.4, 0.5) is 17.5 Å². The van der Waals surface area contributed by atoms with E-state index in [4.69, 9.17) is 9.26 Å². The van der Waals surface area contributed by atoms with Crippen molar-refractivity contribution in [2.75, 3.05) is 30.8 Å². The third-order valence-corrected chi connectivity index (χ3v) is 4.17. The Morgan fingerprint density at radius 2 is 1.86 bits per heavy atom. The smallest absolute Gasteiger partial charge is 0.256 e. The molecule has 3 N–H and O–H groups in total. The average molecular weight is 396 g/mol. The predicted molar refractivity (Wildman–Crippen MR) is 110 cm³/mol. The molecule has 152 valence electrons. The van der Waals surface area contributed by atoms with E-state index in [1.807, 2.05) is 37.3 Å². The second-order valence-corrected chi connectivity index (χ2v) is 6.45. The van der Waals surface area contributed by atoms with Crippen molar-refractivity contribution in [2.45, 2.75) is 20.8 Å². The molecular formula is C20H24N6O3. The summed E-state index contributed by atoms with van der Waals surface area (Å²) in [5.41, 5.74) is 2.76. The van der Waals surface area contributed by atoms with Gasteiger partial charge in [0.25, 0.3) is 5.91 Å². The third kappa shape index (κ3) is 5.22. The Labute approximate surface area is 168 Å². The lowest BCUT2D eigenvalue weighted by Gasteiger charge is -2.11. The Kier molecular flexibility index (Phi) is 6.28. The highest BCUT2D eigenvalue weighted by molar-refractivity contribution is 5.96. The van der Waals surface area contributed by atoms with E-state index in [1.165, 1.54) is 0 Å². The number of methoxy groups -OCH3 is 1. The summed E-state index contributed by atoms with van der Waals surface area (Å²) < 4.78 is 10.2. The summed E-state index contributed by atoms with van der Waals surface area (Å²) in [6.45, 7) is 6.22. The molecule has 3 aromatic rings. The van der Waals surface area contributed by atoms with Gasteiger partial charge in [-0.3, -0.25) is 4.79 Å². The van der Waals surface area contributed by atoms with E-state index in [9.17, 15) is 4.79 Å². The van der Waals surface area contributed by atoms with Gasteiger partial charge in [0.2, 0.25) is 5.95 Å². The van der Waals surface area contributed by atoms with Crippen LogP contribution in [0.1, 0.15) is 27.5 Å². The highest BCUT2D eigenvalue weighted by atomic mass is 16.5. The van der Waals surface area contributed by atoms with E-state index in [-0.39, 0.29) is 5.91 Å². The van der Waals surface area contributed by atoms with Crippen LogP contribution in [-0.2, 0) is 0 Å². The van der Waals surface area contributed by atoms with Crippen LogP contribution in [0.25, 0.3) is 0 Å². The fraction of sp³-hybridized carbons (Fsp3) is 0.300. The van der Waals surface area contributed by atoms with Crippen LogP contribution in [0, 0.1) is 20.8 Å². The predicted octanol–water partition coefficient (Wildman–Crippen LogP) is 2.98. The topological polar surface area (TPSA) is 114 Å². The highest BCUT2D eigenvalue weighted by Gasteiger charge is 2.16. The first-order chi connectivity index (χ1) is 14.0. The van der Waals surface area contributed by atoms with Crippen LogP contribution >= 0.6 is 0 Å². The maximum Gasteiger partial charge on any atom is 0.256 e. The van der Waals surface area contributed by atoms with Crippen LogP contribution in [0.2, 0.25) is 0 Å². The molecule has 1 aromatic carbocycles. The molecular weight excluding hydrogens is 372 g/mol. The summed E-state index contributed by atoms with van der Waals surface area (Å²) in [4.78, 5) is 21.1. The number of hydrogen-bond acceptors (Lipinski definition) is 8. The van der Waals surface area contributed by atoms with Crippen molar-refractivity contribution in [3.8, 4) is 5.75 Å². The number of rotatable bonds is 8. The SMILES string of the molecule is COc1ccc(Nc2cc(C)nc(NCCNC(=O)c3c(C)noc3C)n2)cc1. The molecule has 2 aromatic heterocycles. The van der Waals surface area contributed by atoms with Crippen molar-refractivity contribution in [1.82, 2.24) is 20.4 Å². The number of hydrogen-bond donors (Lipinski definition) is 3. The standard InChI is InChI=1S/C20H24N6O3/c1-12-11-17(24-15-5-7-16(28-4)8-6-15)25-20(23-12)22-10-9-21-19(27)18-13(2)26-29-14(18)3/h5-8,11H,9-10H2,1-4H3,(H,21,27)(H2,22,23,24,25). The van der Waals surface area contributed by atoms with Gasteiger partial charge in [0, 0.05) is 30.5 Å². The van der Waals surface area contributed by atoms with E-state index in [1.54, 1.807) is 21.0 Å². The Balaban J connectivity index is 1.55. The normalized spacial score (nSPS) is 10.5. The number of nitrogens with one attached hydrogen (secondary N) is 3. The molecule has 0 unspecified atom stereocenters. The molecule has 0 aliphatic carbocycles. The van der Waals surface area contributed by atoms with Gasteiger partial charge >= 0.3 is 0 Å². The van der Waals surface area contributed by atoms with Crippen LogP contribution in [-0.4, -0.2) is 41.2 Å². The van der Waals surface area contributed by atoms with Gasteiger partial charge in [-0.15, -0.1) is 0 Å². The summed E-state index contributed by atoms with van der Waals surface area (Å²) in [7, 11) is 1.63. The van der Waals surface area contributed by atoms with E-state index in [0.29, 0.717) is 41.9 Å². The van der Waals surface area contributed by atoms with E-state index >= 15 is 0 Å². The fourth-order valence-corrected chi connectivity index (χ4v) is 2.78. The maximum absolute atomic E-state index is 12.2. The molecule has 0 aliphatic heterocycles. The van der Waals surface area contributed by atoms with Gasteiger partial charge in [-0.1, -0.05) is 5.16 Å². The third-order valence-electron chi connectivity index (χ3n) is 4.17. The summed E-state index contributed by atoms with van der Waals surface area (Å²) in [5, 5.41) is 13.0. The molecule has 0 atom stereocenters. The van der Waals surface area contributed by atoms with Gasteiger partial charge in [0.15, 0.2) is 0 Å². The summed E-state index contributed by atoms with van der Waals surface area (Å²) >= 11 is 0. The number of aryl methyl sites for hydroxylation is 3. The quantitative estimate of drug-likeness (QED) is 0.498. The Morgan fingerprint density at radius 1 is 1.10 bits per heavy atom. The number of carbonyl (C=O) groups excluding carboxylic acids is 1. The fourth-order valence-electron chi connectivity index (χ4n) is 2.78. The summed E-state index contributed by atoms with van der Waals surface area (Å²) in [6.07, 6.45) is 0. The minimum absolute atomic E-state index is 0.213. The number of benzene rings is 1. The van der Waals surface area contributed by atoms with Crippen molar-refractivity contribution >= 4 is 23.4 Å². The molecule has 0 saturated carbocycles. The molecule has 3 rings (SSSR count). The van der Waals surface area contributed by atoms with Crippen molar-refractivity contribution in [2.24, 2.45) is 0 Å². The minimum Gasteiger partial charge on any atom is -0.497 e. The lowest BCUT2D eigenvalue weighted by atomic mass is 10.2. The minimum atomic E-state index is -0.213. The molecule has 29 heavy (non-hydrogen) atoms. The van der Waals surface area contributed by atoms with Gasteiger partial charge in [0.1, 0.15) is 22.9 Å². The first-order valence-corrected chi connectivity index (χ1v) is 9.18. The number of amides is 1. The molecule has 1 amide bonds. The van der Waals surface area contributed by atoms with Crippen LogP contribution < -0.4 is 20.7 Å². The molecule has 9 heteroatoms. The van der Waals surface area contributed by atoms with Gasteiger partial charge in [-0.2, -0.15) is 4.98 Å². The molecule has 0 spiro atoms. The zero-order valence-electron chi connectivity index (χ0n) is 16.9. The summed E-state index contributed by atoms with van der Waals surface area (Å²) in [5.74, 6) is 2.23. The summed E-state index contributed by atoms with van der Waals surface area (Å²) in [6, 6.07) is 9.42. The van der Waals surface area contributed by atoms with Gasteiger partial charge in [-0.25, -0.2) is 4.98 Å². The zero-order chi connectivity index (χ0) is 20.8. The van der Waals surface area contributed by atoms with Crippen molar-refractivity contribution in [1.29, 1.82) is 0 Å². The number of anilines is 3. The van der Waals surface area contributed by atoms with Crippen molar-refractivity contribution < 1.29 is 14.1 Å². The molecule has 0 bridgehead atoms. The largest absolute Gasteiger partial charge is 0.497 e.